The summed E-state index contributed by atoms with van der Waals surface area (Å²) in [7, 11) is 1.86. The van der Waals surface area contributed by atoms with Crippen LogP contribution in [0.2, 0.25) is 0 Å². The number of hydrogen-bond acceptors (Lipinski definition) is 4. The lowest BCUT2D eigenvalue weighted by atomic mass is 10.1. The van der Waals surface area contributed by atoms with Crippen molar-refractivity contribution in [2.24, 2.45) is 4.99 Å². The molecule has 2 heterocycles. The first-order valence-electron chi connectivity index (χ1n) is 11.2. The Morgan fingerprint density at radius 2 is 1.93 bits per heavy atom. The van der Waals surface area contributed by atoms with Crippen LogP contribution in [0.15, 0.2) is 35.3 Å². The second kappa shape index (κ2) is 14.9. The van der Waals surface area contributed by atoms with E-state index < -0.39 is 0 Å². The standard InChI is InChI=1S/C23H37N3O3.HI/c1-24-23(25-14-6-8-18-27-20-9-3-2-4-10-20)26-15-12-21(13-16-26)29-19-22-11-5-7-17-28-22;/h2-4,9-10,21-22H,5-8,11-19H2,1H3,(H,24,25);1H. The second-order valence-electron chi connectivity index (χ2n) is 7.85. The molecule has 2 saturated heterocycles. The Balaban J connectivity index is 0.00000320. The van der Waals surface area contributed by atoms with Gasteiger partial charge in [0.15, 0.2) is 5.96 Å². The minimum absolute atomic E-state index is 0. The molecule has 0 bridgehead atoms. The minimum Gasteiger partial charge on any atom is -0.494 e. The molecular weight excluding hydrogens is 493 g/mol. The van der Waals surface area contributed by atoms with Crippen molar-refractivity contribution in [3.8, 4) is 5.75 Å². The van der Waals surface area contributed by atoms with Gasteiger partial charge in [0, 0.05) is 33.3 Å². The number of hydrogen-bond donors (Lipinski definition) is 1. The number of piperidine rings is 1. The number of unbranched alkanes of at least 4 members (excludes halogenated alkanes) is 1. The first kappa shape index (κ1) is 25.2. The Bertz CT molecular complexity index is 589. The van der Waals surface area contributed by atoms with Crippen molar-refractivity contribution >= 4 is 29.9 Å². The highest BCUT2D eigenvalue weighted by Crippen LogP contribution is 2.18. The molecule has 1 N–H and O–H groups in total. The minimum atomic E-state index is 0. The summed E-state index contributed by atoms with van der Waals surface area (Å²) >= 11 is 0. The van der Waals surface area contributed by atoms with Crippen LogP contribution in [0.4, 0.5) is 0 Å². The molecule has 1 aromatic carbocycles. The zero-order valence-electron chi connectivity index (χ0n) is 18.3. The first-order chi connectivity index (χ1) is 14.3. The number of para-hydroxylation sites is 1. The molecule has 7 heteroatoms. The maximum absolute atomic E-state index is 6.12. The molecule has 3 rings (SSSR count). The highest BCUT2D eigenvalue weighted by molar-refractivity contribution is 14.0. The summed E-state index contributed by atoms with van der Waals surface area (Å²) in [4.78, 5) is 6.81. The lowest BCUT2D eigenvalue weighted by Crippen LogP contribution is -2.47. The molecule has 0 aliphatic carbocycles. The lowest BCUT2D eigenvalue weighted by molar-refractivity contribution is -0.0721. The molecule has 6 nitrogen and oxygen atoms in total. The Hall–Kier alpha value is -1.06. The smallest absolute Gasteiger partial charge is 0.193 e. The Labute approximate surface area is 198 Å². The van der Waals surface area contributed by atoms with Gasteiger partial charge in [-0.25, -0.2) is 0 Å². The SMILES string of the molecule is CN=C(NCCCCOc1ccccc1)N1CCC(OCC2CCCCO2)CC1.I. The van der Waals surface area contributed by atoms with Crippen LogP contribution in [-0.4, -0.2) is 69.6 Å². The predicted molar refractivity (Wildman–Crippen MR) is 132 cm³/mol. The Morgan fingerprint density at radius 3 is 2.63 bits per heavy atom. The summed E-state index contributed by atoms with van der Waals surface area (Å²) in [5.74, 6) is 1.94. The molecule has 0 saturated carbocycles. The van der Waals surface area contributed by atoms with Gasteiger partial charge in [0.25, 0.3) is 0 Å². The van der Waals surface area contributed by atoms with Crippen LogP contribution in [0, 0.1) is 0 Å². The highest BCUT2D eigenvalue weighted by atomic mass is 127. The van der Waals surface area contributed by atoms with E-state index in [-0.39, 0.29) is 24.0 Å². The van der Waals surface area contributed by atoms with E-state index in [0.29, 0.717) is 12.2 Å². The quantitative estimate of drug-likeness (QED) is 0.225. The van der Waals surface area contributed by atoms with Gasteiger partial charge in [0.1, 0.15) is 5.75 Å². The first-order valence-corrected chi connectivity index (χ1v) is 11.2. The van der Waals surface area contributed by atoms with Gasteiger partial charge in [0.2, 0.25) is 0 Å². The van der Waals surface area contributed by atoms with E-state index >= 15 is 0 Å². The third-order valence-corrected chi connectivity index (χ3v) is 5.61. The van der Waals surface area contributed by atoms with Crippen LogP contribution in [0.5, 0.6) is 5.75 Å². The average Bonchev–Trinajstić information content (AvgIpc) is 2.79. The monoisotopic (exact) mass is 531 g/mol. The van der Waals surface area contributed by atoms with Gasteiger partial charge < -0.3 is 24.4 Å². The van der Waals surface area contributed by atoms with Gasteiger partial charge in [-0.05, 0) is 57.1 Å². The van der Waals surface area contributed by atoms with Gasteiger partial charge in [-0.15, -0.1) is 24.0 Å². The van der Waals surface area contributed by atoms with Crippen LogP contribution < -0.4 is 10.1 Å². The van der Waals surface area contributed by atoms with Crippen LogP contribution in [0.25, 0.3) is 0 Å². The van der Waals surface area contributed by atoms with Crippen LogP contribution in [-0.2, 0) is 9.47 Å². The van der Waals surface area contributed by atoms with Gasteiger partial charge in [-0.3, -0.25) is 4.99 Å². The van der Waals surface area contributed by atoms with E-state index in [4.69, 9.17) is 14.2 Å². The Kier molecular flexibility index (Phi) is 12.5. The summed E-state index contributed by atoms with van der Waals surface area (Å²) in [5, 5.41) is 3.50. The van der Waals surface area contributed by atoms with Crippen LogP contribution in [0.1, 0.15) is 44.9 Å². The Morgan fingerprint density at radius 1 is 1.13 bits per heavy atom. The fourth-order valence-corrected chi connectivity index (χ4v) is 3.88. The zero-order valence-corrected chi connectivity index (χ0v) is 20.6. The molecule has 1 aromatic rings. The number of benzene rings is 1. The van der Waals surface area contributed by atoms with E-state index in [9.17, 15) is 0 Å². The molecule has 1 atom stereocenters. The van der Waals surface area contributed by atoms with Gasteiger partial charge >= 0.3 is 0 Å². The average molecular weight is 531 g/mol. The van der Waals surface area contributed by atoms with Gasteiger partial charge in [-0.1, -0.05) is 18.2 Å². The molecule has 1 unspecified atom stereocenters. The van der Waals surface area contributed by atoms with Gasteiger partial charge in [-0.2, -0.15) is 0 Å². The number of halogens is 1. The van der Waals surface area contributed by atoms with E-state index in [0.717, 1.165) is 83.3 Å². The predicted octanol–water partition coefficient (Wildman–Crippen LogP) is 4.09. The fraction of sp³-hybridized carbons (Fsp3) is 0.696. The number of ether oxygens (including phenoxy) is 3. The number of nitrogens with one attached hydrogen (secondary N) is 1. The lowest BCUT2D eigenvalue weighted by Gasteiger charge is -2.35. The van der Waals surface area contributed by atoms with Crippen molar-refractivity contribution in [3.05, 3.63) is 30.3 Å². The van der Waals surface area contributed by atoms with Crippen molar-refractivity contribution in [2.75, 3.05) is 46.5 Å². The number of likely N-dealkylation sites (tertiary alicyclic amines) is 1. The number of aliphatic imine (C=N–C) groups is 1. The molecule has 2 fully saturated rings. The molecule has 2 aliphatic heterocycles. The second-order valence-corrected chi connectivity index (χ2v) is 7.85. The van der Waals surface area contributed by atoms with Crippen molar-refractivity contribution in [3.63, 3.8) is 0 Å². The summed E-state index contributed by atoms with van der Waals surface area (Å²) in [6.45, 7) is 5.30. The molecule has 170 valence electrons. The van der Waals surface area contributed by atoms with E-state index in [1.165, 1.54) is 12.8 Å². The molecule has 30 heavy (non-hydrogen) atoms. The van der Waals surface area contributed by atoms with Crippen molar-refractivity contribution in [1.29, 1.82) is 0 Å². The maximum atomic E-state index is 6.12. The normalized spacial score (nSPS) is 20.5. The van der Waals surface area contributed by atoms with Crippen molar-refractivity contribution in [1.82, 2.24) is 10.2 Å². The molecule has 0 spiro atoms. The van der Waals surface area contributed by atoms with E-state index in [1.54, 1.807) is 0 Å². The topological polar surface area (TPSA) is 55.3 Å². The van der Waals surface area contributed by atoms with E-state index in [2.05, 4.69) is 15.2 Å². The number of nitrogens with zero attached hydrogens (tertiary/aromatic N) is 2. The van der Waals surface area contributed by atoms with Gasteiger partial charge in [0.05, 0.1) is 25.4 Å². The zero-order chi connectivity index (χ0) is 20.2. The number of guanidine groups is 1. The van der Waals surface area contributed by atoms with Crippen LogP contribution >= 0.6 is 24.0 Å². The molecular formula is C23H38IN3O3. The van der Waals surface area contributed by atoms with E-state index in [1.807, 2.05) is 37.4 Å². The highest BCUT2D eigenvalue weighted by Gasteiger charge is 2.23. The third kappa shape index (κ3) is 8.98. The molecule has 2 aliphatic rings. The van der Waals surface area contributed by atoms with Crippen LogP contribution in [0.3, 0.4) is 0 Å². The van der Waals surface area contributed by atoms with Crippen molar-refractivity contribution < 1.29 is 14.2 Å². The molecule has 0 amide bonds. The molecule has 0 aromatic heterocycles. The maximum Gasteiger partial charge on any atom is 0.193 e. The van der Waals surface area contributed by atoms with Crippen molar-refractivity contribution in [2.45, 2.75) is 57.2 Å². The summed E-state index contributed by atoms with van der Waals surface area (Å²) in [6, 6.07) is 9.99. The summed E-state index contributed by atoms with van der Waals surface area (Å²) < 4.78 is 17.6. The summed E-state index contributed by atoms with van der Waals surface area (Å²) in [6.07, 6.45) is 8.47. The number of rotatable bonds is 9. The molecule has 0 radical (unpaired) electrons. The third-order valence-electron chi connectivity index (χ3n) is 5.61. The fourth-order valence-electron chi connectivity index (χ4n) is 3.88. The summed E-state index contributed by atoms with van der Waals surface area (Å²) in [5.41, 5.74) is 0. The largest absolute Gasteiger partial charge is 0.494 e.